The van der Waals surface area contributed by atoms with Gasteiger partial charge in [-0.25, -0.2) is 4.98 Å². The van der Waals surface area contributed by atoms with Gasteiger partial charge in [-0.2, -0.15) is 0 Å². The molecule has 94 valence electrons. The van der Waals surface area contributed by atoms with E-state index in [4.69, 9.17) is 0 Å². The van der Waals surface area contributed by atoms with Gasteiger partial charge in [-0.05, 0) is 13.5 Å². The number of ketones is 1. The van der Waals surface area contributed by atoms with E-state index in [1.807, 2.05) is 6.92 Å². The Balaban J connectivity index is 2.08. The summed E-state index contributed by atoms with van der Waals surface area (Å²) >= 11 is 1.53. The quantitative estimate of drug-likeness (QED) is 0.770. The van der Waals surface area contributed by atoms with E-state index < -0.39 is 0 Å². The number of carbonyl (C=O) groups excluding carboxylic acids is 1. The van der Waals surface area contributed by atoms with Crippen LogP contribution in [-0.4, -0.2) is 48.4 Å². The number of carbonyl (C=O) groups is 1. The van der Waals surface area contributed by atoms with Crippen molar-refractivity contribution in [1.29, 1.82) is 0 Å². The smallest absolute Gasteiger partial charge is 0.186 e. The van der Waals surface area contributed by atoms with E-state index in [9.17, 15) is 4.79 Å². The highest BCUT2D eigenvalue weighted by atomic mass is 32.1. The molecule has 0 aliphatic carbocycles. The monoisotopic (exact) mass is 253 g/mol. The molecule has 0 unspecified atom stereocenters. The maximum atomic E-state index is 11.4. The molecular weight excluding hydrogens is 234 g/mol. The minimum atomic E-state index is 0.124. The lowest BCUT2D eigenvalue weighted by molar-refractivity contribution is 0.102. The molecule has 1 aliphatic rings. The van der Waals surface area contributed by atoms with Gasteiger partial charge in [-0.3, -0.25) is 4.79 Å². The summed E-state index contributed by atoms with van der Waals surface area (Å²) in [5.41, 5.74) is 0.871. The summed E-state index contributed by atoms with van der Waals surface area (Å²) in [7, 11) is 0. The summed E-state index contributed by atoms with van der Waals surface area (Å²) in [4.78, 5) is 21.4. The number of likely N-dealkylation sites (N-methyl/N-ethyl adjacent to an activating group) is 1. The first-order valence-corrected chi connectivity index (χ1v) is 6.89. The molecule has 0 N–H and O–H groups in total. The summed E-state index contributed by atoms with van der Waals surface area (Å²) in [6.07, 6.45) is 0. The number of aryl methyl sites for hydroxylation is 1. The van der Waals surface area contributed by atoms with Crippen molar-refractivity contribution in [3.8, 4) is 0 Å². The Kier molecular flexibility index (Phi) is 3.79. The molecule has 0 saturated carbocycles. The van der Waals surface area contributed by atoms with E-state index in [0.29, 0.717) is 0 Å². The number of nitrogens with zero attached hydrogens (tertiary/aromatic N) is 3. The summed E-state index contributed by atoms with van der Waals surface area (Å²) in [6, 6.07) is 0. The van der Waals surface area contributed by atoms with Crippen molar-refractivity contribution >= 4 is 22.3 Å². The van der Waals surface area contributed by atoms with Crippen molar-refractivity contribution in [3.05, 3.63) is 10.6 Å². The van der Waals surface area contributed by atoms with Crippen LogP contribution in [0.5, 0.6) is 0 Å². The van der Waals surface area contributed by atoms with Gasteiger partial charge in [0.05, 0.1) is 10.6 Å². The fourth-order valence-corrected chi connectivity index (χ4v) is 3.11. The molecule has 2 rings (SSSR count). The number of anilines is 1. The number of aromatic nitrogens is 1. The van der Waals surface area contributed by atoms with Crippen molar-refractivity contribution in [2.45, 2.75) is 20.8 Å². The van der Waals surface area contributed by atoms with Gasteiger partial charge in [0.1, 0.15) is 0 Å². The van der Waals surface area contributed by atoms with E-state index in [-0.39, 0.29) is 5.78 Å². The van der Waals surface area contributed by atoms with Crippen LogP contribution in [0.2, 0.25) is 0 Å². The van der Waals surface area contributed by atoms with E-state index >= 15 is 0 Å². The topological polar surface area (TPSA) is 36.4 Å². The zero-order chi connectivity index (χ0) is 12.4. The second-order valence-electron chi connectivity index (χ2n) is 4.39. The molecule has 0 radical (unpaired) electrons. The standard InChI is InChI=1S/C12H19N3OS/c1-4-14-5-7-15(8-6-14)12-13-9(2)11(17-12)10(3)16/h4-8H2,1-3H3. The number of hydrogen-bond donors (Lipinski definition) is 0. The molecule has 0 aromatic carbocycles. The number of thiazole rings is 1. The molecule has 1 aromatic heterocycles. The predicted octanol–water partition coefficient (Wildman–Crippen LogP) is 1.80. The third-order valence-electron chi connectivity index (χ3n) is 3.20. The van der Waals surface area contributed by atoms with Crippen molar-refractivity contribution < 1.29 is 4.79 Å². The highest BCUT2D eigenvalue weighted by Gasteiger charge is 2.20. The number of Topliss-reactive ketones (excluding diaryl/α,β-unsaturated/α-hetero) is 1. The molecular formula is C12H19N3OS. The van der Waals surface area contributed by atoms with Crippen LogP contribution < -0.4 is 4.90 Å². The number of rotatable bonds is 3. The molecule has 0 atom stereocenters. The minimum Gasteiger partial charge on any atom is -0.346 e. The van der Waals surface area contributed by atoms with Crippen molar-refractivity contribution in [3.63, 3.8) is 0 Å². The second-order valence-corrected chi connectivity index (χ2v) is 5.37. The molecule has 1 aliphatic heterocycles. The lowest BCUT2D eigenvalue weighted by Gasteiger charge is -2.33. The Bertz CT molecular complexity index is 408. The van der Waals surface area contributed by atoms with Crippen molar-refractivity contribution in [2.75, 3.05) is 37.6 Å². The fourth-order valence-electron chi connectivity index (χ4n) is 2.10. The molecule has 0 amide bonds. The van der Waals surface area contributed by atoms with Gasteiger partial charge < -0.3 is 9.80 Å². The van der Waals surface area contributed by atoms with Crippen LogP contribution in [0, 0.1) is 6.92 Å². The minimum absolute atomic E-state index is 0.124. The SMILES string of the molecule is CCN1CCN(c2nc(C)c(C(C)=O)s2)CC1. The summed E-state index contributed by atoms with van der Waals surface area (Å²) in [5, 5.41) is 1.00. The summed E-state index contributed by atoms with van der Waals surface area (Å²) < 4.78 is 0. The van der Waals surface area contributed by atoms with Crippen LogP contribution in [0.25, 0.3) is 0 Å². The molecule has 0 bridgehead atoms. The van der Waals surface area contributed by atoms with Gasteiger partial charge in [0, 0.05) is 33.1 Å². The van der Waals surface area contributed by atoms with Crippen LogP contribution in [0.1, 0.15) is 29.2 Å². The van der Waals surface area contributed by atoms with Gasteiger partial charge in [0.15, 0.2) is 10.9 Å². The third-order valence-corrected chi connectivity index (χ3v) is 4.51. The molecule has 0 spiro atoms. The van der Waals surface area contributed by atoms with E-state index in [2.05, 4.69) is 21.7 Å². The van der Waals surface area contributed by atoms with E-state index in [1.165, 1.54) is 11.3 Å². The predicted molar refractivity (Wildman–Crippen MR) is 71.2 cm³/mol. The average Bonchev–Trinajstić information content (AvgIpc) is 2.71. The highest BCUT2D eigenvalue weighted by Crippen LogP contribution is 2.27. The maximum Gasteiger partial charge on any atom is 0.186 e. The zero-order valence-corrected chi connectivity index (χ0v) is 11.5. The Morgan fingerprint density at radius 3 is 2.47 bits per heavy atom. The molecule has 17 heavy (non-hydrogen) atoms. The van der Waals surface area contributed by atoms with Crippen LogP contribution in [0.4, 0.5) is 5.13 Å². The normalized spacial score (nSPS) is 17.5. The largest absolute Gasteiger partial charge is 0.346 e. The molecule has 2 heterocycles. The van der Waals surface area contributed by atoms with E-state index in [0.717, 1.165) is 48.4 Å². The zero-order valence-electron chi connectivity index (χ0n) is 10.7. The molecule has 1 aromatic rings. The van der Waals surface area contributed by atoms with Gasteiger partial charge in [-0.15, -0.1) is 0 Å². The Hall–Kier alpha value is -0.940. The first-order valence-electron chi connectivity index (χ1n) is 6.07. The van der Waals surface area contributed by atoms with Crippen LogP contribution >= 0.6 is 11.3 Å². The fraction of sp³-hybridized carbons (Fsp3) is 0.667. The Morgan fingerprint density at radius 1 is 1.35 bits per heavy atom. The maximum absolute atomic E-state index is 11.4. The van der Waals surface area contributed by atoms with Crippen molar-refractivity contribution in [1.82, 2.24) is 9.88 Å². The molecule has 5 heteroatoms. The van der Waals surface area contributed by atoms with Gasteiger partial charge in [0.2, 0.25) is 0 Å². The van der Waals surface area contributed by atoms with Gasteiger partial charge >= 0.3 is 0 Å². The molecule has 1 fully saturated rings. The molecule has 1 saturated heterocycles. The lowest BCUT2D eigenvalue weighted by atomic mass is 10.3. The summed E-state index contributed by atoms with van der Waals surface area (Å²) in [6.45, 7) is 11.0. The van der Waals surface area contributed by atoms with Crippen molar-refractivity contribution in [2.24, 2.45) is 0 Å². The summed E-state index contributed by atoms with van der Waals surface area (Å²) in [5.74, 6) is 0.124. The van der Waals surface area contributed by atoms with Gasteiger partial charge in [-0.1, -0.05) is 18.3 Å². The van der Waals surface area contributed by atoms with Gasteiger partial charge in [0.25, 0.3) is 0 Å². The second kappa shape index (κ2) is 5.14. The van der Waals surface area contributed by atoms with Crippen LogP contribution in [-0.2, 0) is 0 Å². The Labute approximate surface area is 106 Å². The number of hydrogen-bond acceptors (Lipinski definition) is 5. The third kappa shape index (κ3) is 2.66. The highest BCUT2D eigenvalue weighted by molar-refractivity contribution is 7.17. The lowest BCUT2D eigenvalue weighted by Crippen LogP contribution is -2.46. The Morgan fingerprint density at radius 2 is 2.00 bits per heavy atom. The van der Waals surface area contributed by atoms with Crippen LogP contribution in [0.3, 0.4) is 0 Å². The number of piperazine rings is 1. The first-order chi connectivity index (χ1) is 8.11. The van der Waals surface area contributed by atoms with Crippen LogP contribution in [0.15, 0.2) is 0 Å². The molecule has 4 nitrogen and oxygen atoms in total. The average molecular weight is 253 g/mol. The first kappa shape index (κ1) is 12.5. The van der Waals surface area contributed by atoms with E-state index in [1.54, 1.807) is 6.92 Å².